The summed E-state index contributed by atoms with van der Waals surface area (Å²) >= 11 is 0. The van der Waals surface area contributed by atoms with Crippen LogP contribution < -0.4 is 0 Å². The van der Waals surface area contributed by atoms with Crippen molar-refractivity contribution < 1.29 is 4.74 Å². The molecule has 0 spiro atoms. The van der Waals surface area contributed by atoms with Crippen molar-refractivity contribution in [2.75, 3.05) is 7.11 Å². The second-order valence-corrected chi connectivity index (χ2v) is 4.46. The van der Waals surface area contributed by atoms with Gasteiger partial charge in [-0.15, -0.1) is 0 Å². The zero-order chi connectivity index (χ0) is 8.44. The lowest BCUT2D eigenvalue weighted by Gasteiger charge is -2.46. The first kappa shape index (κ1) is 8.55. The first-order chi connectivity index (χ1) is 5.87. The van der Waals surface area contributed by atoms with E-state index in [4.69, 9.17) is 4.74 Å². The average Bonchev–Trinajstić information content (AvgIpc) is 2.18. The van der Waals surface area contributed by atoms with Crippen LogP contribution in [0.25, 0.3) is 0 Å². The normalized spacial score (nSPS) is 42.2. The Morgan fingerprint density at radius 1 is 1.00 bits per heavy atom. The fraction of sp³-hybridized carbons (Fsp3) is 1.00. The Balaban J connectivity index is 2.10. The summed E-state index contributed by atoms with van der Waals surface area (Å²) in [5, 5.41) is 0. The van der Waals surface area contributed by atoms with E-state index in [0.29, 0.717) is 5.60 Å². The number of hydrogen-bond acceptors (Lipinski definition) is 1. The van der Waals surface area contributed by atoms with Gasteiger partial charge in [0.05, 0.1) is 5.60 Å². The topological polar surface area (TPSA) is 9.23 Å². The lowest BCUT2D eigenvalue weighted by Crippen LogP contribution is -2.44. The number of fused-ring (bicyclic) bond motifs is 1. The molecule has 2 aliphatic carbocycles. The Kier molecular flexibility index (Phi) is 2.40. The van der Waals surface area contributed by atoms with E-state index >= 15 is 0 Å². The van der Waals surface area contributed by atoms with Crippen molar-refractivity contribution >= 4 is 0 Å². The largest absolute Gasteiger partial charge is 0.378 e. The van der Waals surface area contributed by atoms with Crippen LogP contribution >= 0.6 is 0 Å². The van der Waals surface area contributed by atoms with Gasteiger partial charge in [0, 0.05) is 7.11 Å². The average molecular weight is 168 g/mol. The molecule has 0 aromatic rings. The molecule has 0 atom stereocenters. The Labute approximate surface area is 75.5 Å². The number of rotatable bonds is 1. The van der Waals surface area contributed by atoms with Crippen LogP contribution in [-0.4, -0.2) is 12.7 Å². The fourth-order valence-corrected chi connectivity index (χ4v) is 3.20. The highest BCUT2D eigenvalue weighted by Gasteiger charge is 2.41. The molecule has 0 aliphatic heterocycles. The van der Waals surface area contributed by atoms with Crippen LogP contribution in [0.3, 0.4) is 0 Å². The highest BCUT2D eigenvalue weighted by atomic mass is 16.5. The van der Waals surface area contributed by atoms with Crippen molar-refractivity contribution in [2.45, 2.75) is 57.0 Å². The van der Waals surface area contributed by atoms with Crippen LogP contribution in [0.2, 0.25) is 0 Å². The second kappa shape index (κ2) is 3.37. The van der Waals surface area contributed by atoms with Crippen LogP contribution in [-0.2, 0) is 4.74 Å². The standard InChI is InChI=1S/C11H20O/c1-12-11-8-4-2-6-10(11)7-3-5-9-11/h10H,2-9H2,1H3. The molecule has 0 aromatic heterocycles. The summed E-state index contributed by atoms with van der Waals surface area (Å²) in [5.74, 6) is 0.894. The van der Waals surface area contributed by atoms with Crippen molar-refractivity contribution in [3.05, 3.63) is 0 Å². The molecular weight excluding hydrogens is 148 g/mol. The third-order valence-electron chi connectivity index (χ3n) is 3.96. The van der Waals surface area contributed by atoms with Crippen molar-refractivity contribution in [1.82, 2.24) is 0 Å². The van der Waals surface area contributed by atoms with Crippen molar-refractivity contribution in [2.24, 2.45) is 5.92 Å². The van der Waals surface area contributed by atoms with Gasteiger partial charge in [0.1, 0.15) is 0 Å². The van der Waals surface area contributed by atoms with Gasteiger partial charge in [-0.3, -0.25) is 0 Å². The molecule has 2 aliphatic rings. The summed E-state index contributed by atoms with van der Waals surface area (Å²) < 4.78 is 5.78. The van der Waals surface area contributed by atoms with Gasteiger partial charge in [-0.1, -0.05) is 25.7 Å². The van der Waals surface area contributed by atoms with Gasteiger partial charge in [0.15, 0.2) is 0 Å². The molecule has 2 saturated carbocycles. The van der Waals surface area contributed by atoms with Gasteiger partial charge in [-0.25, -0.2) is 0 Å². The summed E-state index contributed by atoms with van der Waals surface area (Å²) in [7, 11) is 1.92. The van der Waals surface area contributed by atoms with Crippen molar-refractivity contribution in [3.8, 4) is 0 Å². The van der Waals surface area contributed by atoms with E-state index in [1.165, 1.54) is 51.4 Å². The molecule has 0 N–H and O–H groups in total. The molecule has 2 fully saturated rings. The Morgan fingerprint density at radius 3 is 2.00 bits per heavy atom. The minimum atomic E-state index is 0.316. The van der Waals surface area contributed by atoms with Crippen LogP contribution in [0, 0.1) is 5.92 Å². The van der Waals surface area contributed by atoms with E-state index in [9.17, 15) is 0 Å². The van der Waals surface area contributed by atoms with Crippen LogP contribution in [0.1, 0.15) is 51.4 Å². The van der Waals surface area contributed by atoms with E-state index in [1.54, 1.807) is 0 Å². The zero-order valence-electron chi connectivity index (χ0n) is 8.14. The maximum atomic E-state index is 5.78. The molecule has 2 rings (SSSR count). The third-order valence-corrected chi connectivity index (χ3v) is 3.96. The number of ether oxygens (including phenoxy) is 1. The predicted molar refractivity (Wildman–Crippen MR) is 50.2 cm³/mol. The predicted octanol–water partition coefficient (Wildman–Crippen LogP) is 3.14. The Bertz CT molecular complexity index is 141. The summed E-state index contributed by atoms with van der Waals surface area (Å²) in [6.07, 6.45) is 11.2. The molecule has 0 aromatic carbocycles. The second-order valence-electron chi connectivity index (χ2n) is 4.46. The van der Waals surface area contributed by atoms with E-state index < -0.39 is 0 Å². The Morgan fingerprint density at radius 2 is 1.58 bits per heavy atom. The molecule has 0 radical (unpaired) electrons. The molecule has 0 bridgehead atoms. The number of methoxy groups -OCH3 is 1. The quantitative estimate of drug-likeness (QED) is 0.584. The lowest BCUT2D eigenvalue weighted by atomic mass is 9.67. The minimum Gasteiger partial charge on any atom is -0.378 e. The smallest absolute Gasteiger partial charge is 0.0706 e. The van der Waals surface area contributed by atoms with Crippen LogP contribution in [0.5, 0.6) is 0 Å². The van der Waals surface area contributed by atoms with E-state index in [1.807, 2.05) is 7.11 Å². The SMILES string of the molecule is COC12CCCCC1CCCC2. The molecule has 0 saturated heterocycles. The van der Waals surface area contributed by atoms with E-state index in [2.05, 4.69) is 0 Å². The molecule has 0 amide bonds. The molecule has 1 heteroatoms. The van der Waals surface area contributed by atoms with Gasteiger partial charge in [0.2, 0.25) is 0 Å². The van der Waals surface area contributed by atoms with Crippen molar-refractivity contribution in [3.63, 3.8) is 0 Å². The van der Waals surface area contributed by atoms with Gasteiger partial charge in [-0.05, 0) is 31.6 Å². The molecule has 0 unspecified atom stereocenters. The van der Waals surface area contributed by atoms with Gasteiger partial charge in [0.25, 0.3) is 0 Å². The molecule has 0 heterocycles. The maximum Gasteiger partial charge on any atom is 0.0706 e. The monoisotopic (exact) mass is 168 g/mol. The molecular formula is C11H20O. The number of hydrogen-bond donors (Lipinski definition) is 0. The third kappa shape index (κ3) is 1.28. The zero-order valence-corrected chi connectivity index (χ0v) is 8.14. The highest BCUT2D eigenvalue weighted by Crippen LogP contribution is 2.45. The molecule has 12 heavy (non-hydrogen) atoms. The molecule has 70 valence electrons. The van der Waals surface area contributed by atoms with E-state index in [0.717, 1.165) is 5.92 Å². The van der Waals surface area contributed by atoms with Crippen LogP contribution in [0.4, 0.5) is 0 Å². The Hall–Kier alpha value is -0.0400. The lowest BCUT2D eigenvalue weighted by molar-refractivity contribution is -0.105. The molecule has 1 nitrogen and oxygen atoms in total. The maximum absolute atomic E-state index is 5.78. The summed E-state index contributed by atoms with van der Waals surface area (Å²) in [6, 6.07) is 0. The minimum absolute atomic E-state index is 0.316. The first-order valence-electron chi connectivity index (χ1n) is 5.42. The summed E-state index contributed by atoms with van der Waals surface area (Å²) in [5.41, 5.74) is 0.316. The summed E-state index contributed by atoms with van der Waals surface area (Å²) in [4.78, 5) is 0. The van der Waals surface area contributed by atoms with Crippen LogP contribution in [0.15, 0.2) is 0 Å². The fourth-order valence-electron chi connectivity index (χ4n) is 3.20. The first-order valence-corrected chi connectivity index (χ1v) is 5.42. The van der Waals surface area contributed by atoms with Crippen molar-refractivity contribution in [1.29, 1.82) is 0 Å². The van der Waals surface area contributed by atoms with E-state index in [-0.39, 0.29) is 0 Å². The van der Waals surface area contributed by atoms with Gasteiger partial charge >= 0.3 is 0 Å². The highest BCUT2D eigenvalue weighted by molar-refractivity contribution is 4.94. The van der Waals surface area contributed by atoms with Gasteiger partial charge < -0.3 is 4.74 Å². The van der Waals surface area contributed by atoms with Gasteiger partial charge in [-0.2, -0.15) is 0 Å². The summed E-state index contributed by atoms with van der Waals surface area (Å²) in [6.45, 7) is 0.